The first-order chi connectivity index (χ1) is 18.5. The van der Waals surface area contributed by atoms with Crippen molar-refractivity contribution >= 4 is 39.9 Å². The van der Waals surface area contributed by atoms with Gasteiger partial charge in [-0.1, -0.05) is 29.8 Å². The summed E-state index contributed by atoms with van der Waals surface area (Å²) in [5.41, 5.74) is 3.01. The number of nitriles is 3. The largest absolute Gasteiger partial charge is 0.490 e. The van der Waals surface area contributed by atoms with Crippen LogP contribution in [0.1, 0.15) is 52.5 Å². The molecule has 1 N–H and O–H groups in total. The van der Waals surface area contributed by atoms with Crippen LogP contribution in [0.5, 0.6) is 11.5 Å². The lowest BCUT2D eigenvalue weighted by atomic mass is 9.96. The average molecular weight is 543 g/mol. The van der Waals surface area contributed by atoms with Gasteiger partial charge in [0.25, 0.3) is 5.91 Å². The topological polar surface area (TPSA) is 119 Å². The number of fused-ring (bicyclic) bond motifs is 1. The Labute approximate surface area is 230 Å². The highest BCUT2D eigenvalue weighted by molar-refractivity contribution is 7.16. The van der Waals surface area contributed by atoms with Crippen molar-refractivity contribution in [1.82, 2.24) is 0 Å². The third-order valence-electron chi connectivity index (χ3n) is 6.03. The molecule has 1 heterocycles. The van der Waals surface area contributed by atoms with Gasteiger partial charge in [0, 0.05) is 10.4 Å². The number of thiophene rings is 1. The molecule has 0 bridgehead atoms. The van der Waals surface area contributed by atoms with Crippen molar-refractivity contribution in [3.63, 3.8) is 0 Å². The minimum atomic E-state index is -0.606. The molecule has 3 aromatic rings. The van der Waals surface area contributed by atoms with Gasteiger partial charge >= 0.3 is 0 Å². The van der Waals surface area contributed by atoms with Gasteiger partial charge in [0.2, 0.25) is 0 Å². The zero-order valence-electron chi connectivity index (χ0n) is 20.6. The number of rotatable bonds is 8. The normalized spacial score (nSPS) is 12.4. The van der Waals surface area contributed by atoms with Gasteiger partial charge < -0.3 is 14.8 Å². The van der Waals surface area contributed by atoms with Crippen LogP contribution in [-0.2, 0) is 24.2 Å². The fourth-order valence-electron chi connectivity index (χ4n) is 4.24. The van der Waals surface area contributed by atoms with Crippen molar-refractivity contribution in [2.24, 2.45) is 0 Å². The fourth-order valence-corrected chi connectivity index (χ4v) is 5.75. The van der Waals surface area contributed by atoms with Crippen molar-refractivity contribution in [2.45, 2.75) is 39.2 Å². The second kappa shape index (κ2) is 12.3. The van der Waals surface area contributed by atoms with E-state index in [0.29, 0.717) is 45.4 Å². The Morgan fingerprint density at radius 3 is 2.66 bits per heavy atom. The number of hydrogen-bond acceptors (Lipinski definition) is 7. The maximum absolute atomic E-state index is 13.0. The number of carbonyl (C=O) groups is 1. The summed E-state index contributed by atoms with van der Waals surface area (Å²) in [7, 11) is 0. The molecule has 0 atom stereocenters. The van der Waals surface area contributed by atoms with Gasteiger partial charge in [-0.3, -0.25) is 4.79 Å². The number of nitrogens with zero attached hydrogens (tertiary/aromatic N) is 3. The van der Waals surface area contributed by atoms with E-state index < -0.39 is 5.91 Å². The maximum atomic E-state index is 13.0. The highest BCUT2D eigenvalue weighted by Crippen LogP contribution is 2.39. The van der Waals surface area contributed by atoms with E-state index >= 15 is 0 Å². The van der Waals surface area contributed by atoms with E-state index in [-0.39, 0.29) is 17.2 Å². The molecule has 7 nitrogen and oxygen atoms in total. The Morgan fingerprint density at radius 1 is 1.13 bits per heavy atom. The summed E-state index contributed by atoms with van der Waals surface area (Å²) in [6.07, 6.45) is 5.20. The molecular weight excluding hydrogens is 520 g/mol. The molecule has 0 saturated heterocycles. The van der Waals surface area contributed by atoms with Gasteiger partial charge in [-0.2, -0.15) is 15.8 Å². The molecule has 0 saturated carbocycles. The summed E-state index contributed by atoms with van der Waals surface area (Å²) in [6.45, 7) is 2.25. The first-order valence-electron chi connectivity index (χ1n) is 12.0. The van der Waals surface area contributed by atoms with Crippen molar-refractivity contribution in [3.8, 4) is 29.7 Å². The quantitative estimate of drug-likeness (QED) is 0.255. The number of aryl methyl sites for hydroxylation is 1. The zero-order valence-corrected chi connectivity index (χ0v) is 22.2. The van der Waals surface area contributed by atoms with Crippen LogP contribution >= 0.6 is 22.9 Å². The van der Waals surface area contributed by atoms with Crippen LogP contribution in [0.25, 0.3) is 6.08 Å². The monoisotopic (exact) mass is 542 g/mol. The molecule has 190 valence electrons. The molecule has 4 rings (SSSR count). The average Bonchev–Trinajstić information content (AvgIpc) is 3.28. The molecule has 0 radical (unpaired) electrons. The molecule has 9 heteroatoms. The van der Waals surface area contributed by atoms with Gasteiger partial charge in [-0.05, 0) is 68.0 Å². The number of carbonyl (C=O) groups excluding carboxylic acids is 1. The van der Waals surface area contributed by atoms with Crippen molar-refractivity contribution in [1.29, 1.82) is 15.8 Å². The number of hydrogen-bond donors (Lipinski definition) is 1. The Hall–Kier alpha value is -4.29. The summed E-state index contributed by atoms with van der Waals surface area (Å²) in [5, 5.41) is 32.2. The van der Waals surface area contributed by atoms with Gasteiger partial charge in [-0.25, -0.2) is 0 Å². The number of halogens is 1. The van der Waals surface area contributed by atoms with Gasteiger partial charge in [0.05, 0.1) is 28.8 Å². The fraction of sp³-hybridized carbons (Fsp3) is 0.241. The van der Waals surface area contributed by atoms with Crippen LogP contribution in [0.15, 0.2) is 42.0 Å². The lowest BCUT2D eigenvalue weighted by Crippen LogP contribution is -2.13. The SMILES string of the molecule is CCOc1cc(/C=C(\C#N)C(=O)Nc2sc3c(c2C#N)CCCC3)cc(Cl)c1OCc1ccccc1C#N. The predicted octanol–water partition coefficient (Wildman–Crippen LogP) is 6.55. The highest BCUT2D eigenvalue weighted by Gasteiger charge is 2.23. The Bertz CT molecular complexity index is 1540. The van der Waals surface area contributed by atoms with Crippen LogP contribution in [0.3, 0.4) is 0 Å². The zero-order chi connectivity index (χ0) is 27.1. The lowest BCUT2D eigenvalue weighted by molar-refractivity contribution is -0.112. The van der Waals surface area contributed by atoms with Crippen LogP contribution in [-0.4, -0.2) is 12.5 Å². The number of benzene rings is 2. The van der Waals surface area contributed by atoms with Crippen LogP contribution in [0, 0.1) is 34.0 Å². The number of ether oxygens (including phenoxy) is 2. The molecule has 0 spiro atoms. The minimum Gasteiger partial charge on any atom is -0.490 e. The van der Waals surface area contributed by atoms with E-state index in [1.54, 1.807) is 30.3 Å². The molecule has 0 aliphatic heterocycles. The van der Waals surface area contributed by atoms with Crippen molar-refractivity contribution < 1.29 is 14.3 Å². The van der Waals surface area contributed by atoms with Crippen molar-refractivity contribution in [2.75, 3.05) is 11.9 Å². The van der Waals surface area contributed by atoms with E-state index in [4.69, 9.17) is 21.1 Å². The number of nitrogens with one attached hydrogen (secondary N) is 1. The molecule has 0 fully saturated rings. The van der Waals surface area contributed by atoms with Crippen LogP contribution in [0.2, 0.25) is 5.02 Å². The molecule has 2 aromatic carbocycles. The third-order valence-corrected chi connectivity index (χ3v) is 7.52. The Balaban J connectivity index is 1.59. The summed E-state index contributed by atoms with van der Waals surface area (Å²) >= 11 is 7.93. The van der Waals surface area contributed by atoms with Crippen LogP contribution < -0.4 is 14.8 Å². The molecule has 38 heavy (non-hydrogen) atoms. The minimum absolute atomic E-state index is 0.108. The van der Waals surface area contributed by atoms with E-state index in [9.17, 15) is 20.6 Å². The third kappa shape index (κ3) is 5.82. The molecule has 0 unspecified atom stereocenters. The van der Waals surface area contributed by atoms with Gasteiger partial charge in [0.1, 0.15) is 29.3 Å². The Morgan fingerprint density at radius 2 is 1.92 bits per heavy atom. The lowest BCUT2D eigenvalue weighted by Gasteiger charge is -2.15. The van der Waals surface area contributed by atoms with E-state index in [1.807, 2.05) is 19.1 Å². The molecule has 1 aromatic heterocycles. The van der Waals surface area contributed by atoms with E-state index in [2.05, 4.69) is 17.5 Å². The predicted molar refractivity (Wildman–Crippen MR) is 146 cm³/mol. The van der Waals surface area contributed by atoms with E-state index in [1.165, 1.54) is 17.4 Å². The number of amides is 1. The summed E-state index contributed by atoms with van der Waals surface area (Å²) in [5.74, 6) is 0.0328. The first-order valence-corrected chi connectivity index (χ1v) is 13.2. The summed E-state index contributed by atoms with van der Waals surface area (Å²) < 4.78 is 11.7. The summed E-state index contributed by atoms with van der Waals surface area (Å²) in [4.78, 5) is 14.1. The molecule has 1 aliphatic carbocycles. The molecular formula is C29H23ClN4O3S. The second-order valence-corrected chi connectivity index (χ2v) is 9.98. The molecule has 1 amide bonds. The van der Waals surface area contributed by atoms with Gasteiger partial charge in [0.15, 0.2) is 11.5 Å². The maximum Gasteiger partial charge on any atom is 0.266 e. The highest BCUT2D eigenvalue weighted by atomic mass is 35.5. The number of anilines is 1. The van der Waals surface area contributed by atoms with Crippen molar-refractivity contribution in [3.05, 3.63) is 79.7 Å². The standard InChI is InChI=1S/C29H23ClN4O3S/c1-2-36-25-13-18(12-24(30)27(25)37-17-20-8-4-3-7-19(20)14-31)11-21(15-32)28(35)34-29-23(16-33)22-9-5-6-10-26(22)38-29/h3-4,7-8,11-13H,2,5-6,9-10,17H2,1H3,(H,34,35)/b21-11+. The first kappa shape index (κ1) is 26.8. The van der Waals surface area contributed by atoms with E-state index in [0.717, 1.165) is 36.1 Å². The summed E-state index contributed by atoms with van der Waals surface area (Å²) in [6, 6.07) is 16.6. The molecule has 1 aliphatic rings. The smallest absolute Gasteiger partial charge is 0.266 e. The van der Waals surface area contributed by atoms with Gasteiger partial charge in [-0.15, -0.1) is 11.3 Å². The van der Waals surface area contributed by atoms with Crippen LogP contribution in [0.4, 0.5) is 5.00 Å². The second-order valence-electron chi connectivity index (χ2n) is 8.47. The Kier molecular flexibility index (Phi) is 8.66.